The molecule has 6 aliphatic rings. The van der Waals surface area contributed by atoms with Crippen molar-refractivity contribution in [3.05, 3.63) is 12.2 Å². The smallest absolute Gasteiger partial charge is 0.220 e. The molecule has 0 bridgehead atoms. The molecule has 12 unspecified atom stereocenters. The molecule has 36 nitrogen and oxygen atoms in total. The molecule has 6 heterocycles. The summed E-state index contributed by atoms with van der Waals surface area (Å²) in [5, 5.41) is 209. The fourth-order valence-corrected chi connectivity index (χ4v) is 16.2. The summed E-state index contributed by atoms with van der Waals surface area (Å²) in [7, 11) is 0. The van der Waals surface area contributed by atoms with Crippen molar-refractivity contribution < 1.29 is 163 Å². The molecule has 0 aromatic carbocycles. The monoisotopic (exact) mass is 1700 g/mol. The van der Waals surface area contributed by atoms with Crippen LogP contribution in [0.5, 0.6) is 0 Å². The normalized spacial score (nSPS) is 35.9. The van der Waals surface area contributed by atoms with E-state index in [1.807, 2.05) is 6.08 Å². The van der Waals surface area contributed by atoms with Gasteiger partial charge in [-0.05, 0) is 19.3 Å². The van der Waals surface area contributed by atoms with Gasteiger partial charge in [0.1, 0.15) is 146 Å². The Labute approximate surface area is 694 Å². The Morgan fingerprint density at radius 3 is 1.05 bits per heavy atom. The number of aliphatic hydroxyl groups excluding tert-OH is 18. The quantitative estimate of drug-likeness (QED) is 0.0280. The average Bonchev–Trinajstić information content (AvgIpc) is 0.768. The molecular weight excluding hydrogens is 1550 g/mol. The molecule has 0 aromatic heterocycles. The van der Waals surface area contributed by atoms with Gasteiger partial charge in [0.2, 0.25) is 17.7 Å². The zero-order valence-corrected chi connectivity index (χ0v) is 69.8. The highest BCUT2D eigenvalue weighted by Gasteiger charge is 2.59. The lowest BCUT2D eigenvalue weighted by Gasteiger charge is -2.51. The molecule has 21 N–H and O–H groups in total. The maximum absolute atomic E-state index is 13.6. The Kier molecular flexibility index (Phi) is 50.0. The fraction of sp³-hybridized carbons (Fsp3) is 0.939. The Balaban J connectivity index is 1.06. The zero-order chi connectivity index (χ0) is 86.2. The highest BCUT2D eigenvalue weighted by Crippen LogP contribution is 2.38. The first-order chi connectivity index (χ1) is 56.8. The van der Waals surface area contributed by atoms with E-state index in [0.717, 1.165) is 65.2 Å². The number of hydrogen-bond acceptors (Lipinski definition) is 33. The molecule has 36 heteroatoms. The predicted molar refractivity (Wildman–Crippen MR) is 421 cm³/mol. The number of aliphatic hydroxyl groups is 18. The van der Waals surface area contributed by atoms with E-state index >= 15 is 0 Å². The molecule has 6 saturated heterocycles. The first kappa shape index (κ1) is 104. The van der Waals surface area contributed by atoms with Crippen LogP contribution in [-0.4, -0.2) is 352 Å². The Hall–Kier alpha value is -3.05. The van der Waals surface area contributed by atoms with Crippen LogP contribution in [0.25, 0.3) is 0 Å². The highest BCUT2D eigenvalue weighted by molar-refractivity contribution is 5.76. The molecule has 690 valence electrons. The Bertz CT molecular complexity index is 2710. The number of carbonyl (C=O) groups excluding carboxylic acids is 3. The van der Waals surface area contributed by atoms with Gasteiger partial charge in [0.05, 0.1) is 58.4 Å². The average molecular weight is 1710 g/mol. The maximum atomic E-state index is 13.6. The van der Waals surface area contributed by atoms with Crippen molar-refractivity contribution in [3.8, 4) is 0 Å². The van der Waals surface area contributed by atoms with Crippen molar-refractivity contribution >= 4 is 17.7 Å². The molecule has 3 amide bonds. The van der Waals surface area contributed by atoms with Crippen LogP contribution in [0.4, 0.5) is 0 Å². The second-order valence-electron chi connectivity index (χ2n) is 32.8. The molecule has 0 spiro atoms. The summed E-state index contributed by atoms with van der Waals surface area (Å²) >= 11 is 0. The van der Waals surface area contributed by atoms with E-state index in [1.165, 1.54) is 148 Å². The maximum Gasteiger partial charge on any atom is 0.220 e. The van der Waals surface area contributed by atoms with E-state index in [2.05, 4.69) is 29.8 Å². The summed E-state index contributed by atoms with van der Waals surface area (Å²) in [4.78, 5) is 38.8. The molecule has 0 aromatic rings. The summed E-state index contributed by atoms with van der Waals surface area (Å²) in [5.41, 5.74) is 0. The second-order valence-corrected chi connectivity index (χ2v) is 32.8. The number of ether oxygens (including phenoxy) is 12. The standard InChI is InChI=1S/C82H149N3O33/c1-5-7-9-11-13-15-17-19-20-21-22-23-24-25-26-28-30-32-34-36-38-40-58(95)85-50(51(94)39-37-35-33-31-29-27-18-16-14-12-10-8-6-2)47-107-79-68(103)66(101)73(56(45-90)112-79)115-80-69(104)67(102)72(57(46-91)113-80)114-78-60(84-49(4)93)74(62(97)53(42-87)109-78)116-81-71(106)76(64(99)55(44-89)110-81)118-82-70(105)75(63(98)54(43-88)111-82)117-77-59(83-48(3)92)65(100)61(96)52(41-86)108-77/h37,39,50-57,59-82,86-91,94,96-106H,5-36,38,40-47H2,1-4H3,(H,83,92)(H,84,93)(H,85,95)/b39-37+/t50-,51+,52?,53?,54?,55?,56?,57?,59?,60?,61-,62-,63-,64-,65+,66+,67+,68?,69?,70?,71?,72-,73+,74+,75-,76-,77-,78-,79+,80-,81-,82+/m0/s1. The second kappa shape index (κ2) is 56.8. The number of hydrogen-bond donors (Lipinski definition) is 21. The van der Waals surface area contributed by atoms with Crippen molar-refractivity contribution in [1.29, 1.82) is 0 Å². The predicted octanol–water partition coefficient (Wildman–Crippen LogP) is -0.0834. The van der Waals surface area contributed by atoms with Crippen LogP contribution < -0.4 is 16.0 Å². The van der Waals surface area contributed by atoms with E-state index in [4.69, 9.17) is 56.8 Å². The van der Waals surface area contributed by atoms with Gasteiger partial charge in [0.25, 0.3) is 0 Å². The van der Waals surface area contributed by atoms with E-state index in [1.54, 1.807) is 6.08 Å². The topological polar surface area (TPSA) is 562 Å². The van der Waals surface area contributed by atoms with Crippen molar-refractivity contribution in [3.63, 3.8) is 0 Å². The molecule has 6 rings (SSSR count). The number of allylic oxidation sites excluding steroid dienone is 1. The van der Waals surface area contributed by atoms with E-state index in [0.29, 0.717) is 12.8 Å². The number of rotatable bonds is 58. The molecule has 0 aliphatic carbocycles. The van der Waals surface area contributed by atoms with Crippen molar-refractivity contribution in [2.24, 2.45) is 0 Å². The lowest BCUT2D eigenvalue weighted by Crippen LogP contribution is -2.70. The molecular formula is C82H149N3O33. The van der Waals surface area contributed by atoms with E-state index in [9.17, 15) is 106 Å². The fourth-order valence-electron chi connectivity index (χ4n) is 16.2. The summed E-state index contributed by atoms with van der Waals surface area (Å²) in [6, 6.07) is -4.49. The Morgan fingerprint density at radius 1 is 0.331 bits per heavy atom. The largest absolute Gasteiger partial charge is 0.394 e. The number of carbonyl (C=O) groups is 3. The van der Waals surface area contributed by atoms with Gasteiger partial charge in [-0.2, -0.15) is 0 Å². The van der Waals surface area contributed by atoms with Crippen LogP contribution in [0.15, 0.2) is 12.2 Å². The number of nitrogens with one attached hydrogen (secondary N) is 3. The van der Waals surface area contributed by atoms with E-state index < -0.39 is 254 Å². The summed E-state index contributed by atoms with van der Waals surface area (Å²) in [6.07, 6.45) is -12.6. The molecule has 32 atom stereocenters. The summed E-state index contributed by atoms with van der Waals surface area (Å²) in [5.74, 6) is -1.97. The molecule has 0 saturated carbocycles. The van der Waals surface area contributed by atoms with Crippen LogP contribution in [0, 0.1) is 0 Å². The minimum atomic E-state index is -2.29. The molecule has 6 fully saturated rings. The molecule has 118 heavy (non-hydrogen) atoms. The third-order valence-corrected chi connectivity index (χ3v) is 23.2. The van der Waals surface area contributed by atoms with Crippen LogP contribution in [0.1, 0.15) is 246 Å². The van der Waals surface area contributed by atoms with Crippen LogP contribution in [0.3, 0.4) is 0 Å². The van der Waals surface area contributed by atoms with Gasteiger partial charge in [-0.25, -0.2) is 0 Å². The highest BCUT2D eigenvalue weighted by atomic mass is 16.8. The zero-order valence-electron chi connectivity index (χ0n) is 69.8. The third kappa shape index (κ3) is 32.7. The molecule has 0 radical (unpaired) electrons. The van der Waals surface area contributed by atoms with Gasteiger partial charge in [0.15, 0.2) is 37.7 Å². The van der Waals surface area contributed by atoms with Gasteiger partial charge < -0.3 is 165 Å². The van der Waals surface area contributed by atoms with Gasteiger partial charge >= 0.3 is 0 Å². The van der Waals surface area contributed by atoms with E-state index in [-0.39, 0.29) is 12.3 Å². The van der Waals surface area contributed by atoms with Gasteiger partial charge in [-0.1, -0.05) is 219 Å². The van der Waals surface area contributed by atoms with Gasteiger partial charge in [0, 0.05) is 20.3 Å². The Morgan fingerprint density at radius 2 is 0.636 bits per heavy atom. The first-order valence-electron chi connectivity index (χ1n) is 44.0. The SMILES string of the molecule is CCCCCCCCCCCCC/C=C/[C@@H](O)[C@H](CO[C@@H]1OC(CO)[C@@H](O[C@@H]2OC(CO)[C@H](O[C@@H]3OC(CO)[C@H](O)[C@H](O[C@@H]4OC(CO)[C@H](O)[C@H](O[C@H]5OC(CO)[C@H](O)[C@H](O[C@@H]6OC(CO)[C@H](O)[C@H](O)C6NC(C)=O)C5O)C4O)C3NC(C)=O)[C@H](O)C2O)[C@H](O)C1O)NC(=O)CCCCCCCCCCCCCCCCCCCCCCC. The minimum Gasteiger partial charge on any atom is -0.394 e. The van der Waals surface area contributed by atoms with Crippen molar-refractivity contribution in [2.75, 3.05) is 46.2 Å². The molecule has 6 aliphatic heterocycles. The summed E-state index contributed by atoms with van der Waals surface area (Å²) in [6.45, 7) is 0.104. The first-order valence-corrected chi connectivity index (χ1v) is 44.0. The third-order valence-electron chi connectivity index (χ3n) is 23.2. The van der Waals surface area contributed by atoms with Gasteiger partial charge in [-0.15, -0.1) is 0 Å². The van der Waals surface area contributed by atoms with Crippen molar-refractivity contribution in [2.45, 2.75) is 442 Å². The van der Waals surface area contributed by atoms with Crippen molar-refractivity contribution in [1.82, 2.24) is 16.0 Å². The van der Waals surface area contributed by atoms with Crippen LogP contribution >= 0.6 is 0 Å². The number of amides is 3. The van der Waals surface area contributed by atoms with Crippen LogP contribution in [0.2, 0.25) is 0 Å². The minimum absolute atomic E-state index is 0.180. The lowest BCUT2D eigenvalue weighted by atomic mass is 9.94. The summed E-state index contributed by atoms with van der Waals surface area (Å²) < 4.78 is 70.9. The number of unbranched alkanes of at least 4 members (excludes halogenated alkanes) is 31. The van der Waals surface area contributed by atoms with Gasteiger partial charge in [-0.3, -0.25) is 14.4 Å². The van der Waals surface area contributed by atoms with Crippen LogP contribution in [-0.2, 0) is 71.2 Å². The lowest BCUT2D eigenvalue weighted by molar-refractivity contribution is -0.389.